The van der Waals surface area contributed by atoms with Gasteiger partial charge in [-0.2, -0.15) is 5.10 Å². The first-order valence-corrected chi connectivity index (χ1v) is 10.6. The Labute approximate surface area is 192 Å². The van der Waals surface area contributed by atoms with E-state index in [1.165, 1.54) is 0 Å². The minimum Gasteiger partial charge on any atom is -0.496 e. The number of para-hydroxylation sites is 1. The van der Waals surface area contributed by atoms with Gasteiger partial charge < -0.3 is 19.6 Å². The molecule has 0 amide bonds. The Kier molecular flexibility index (Phi) is 8.44. The summed E-state index contributed by atoms with van der Waals surface area (Å²) >= 11 is 12.4. The van der Waals surface area contributed by atoms with Gasteiger partial charge in [0.1, 0.15) is 12.4 Å². The summed E-state index contributed by atoms with van der Waals surface area (Å²) in [4.78, 5) is 0. The van der Waals surface area contributed by atoms with Crippen molar-refractivity contribution < 1.29 is 14.2 Å². The monoisotopic (exact) mass is 458 g/mol. The normalized spacial score (nSPS) is 10.8. The highest BCUT2D eigenvalue weighted by Gasteiger charge is 2.12. The van der Waals surface area contributed by atoms with Gasteiger partial charge in [0.2, 0.25) is 0 Å². The lowest BCUT2D eigenvalue weighted by Crippen LogP contribution is -2.07. The molecule has 0 aliphatic heterocycles. The SMILES string of the molecule is CCOc1cc(/C=N/NCc2ccccc2OC)cc(Cl)c1OCc1ccc(Cl)cc1. The molecule has 0 bridgehead atoms. The van der Waals surface area contributed by atoms with Crippen LogP contribution in [0.1, 0.15) is 23.6 Å². The molecule has 0 saturated heterocycles. The Balaban J connectivity index is 1.68. The number of hydrogen-bond acceptors (Lipinski definition) is 5. The summed E-state index contributed by atoms with van der Waals surface area (Å²) in [6.07, 6.45) is 1.69. The number of methoxy groups -OCH3 is 1. The second-order valence-electron chi connectivity index (χ2n) is 6.58. The van der Waals surface area contributed by atoms with E-state index < -0.39 is 0 Å². The zero-order valence-electron chi connectivity index (χ0n) is 17.4. The molecule has 3 aromatic carbocycles. The third-order valence-corrected chi connectivity index (χ3v) is 4.93. The Morgan fingerprint density at radius 2 is 1.74 bits per heavy atom. The molecular weight excluding hydrogens is 435 g/mol. The summed E-state index contributed by atoms with van der Waals surface area (Å²) in [5.41, 5.74) is 5.81. The smallest absolute Gasteiger partial charge is 0.180 e. The van der Waals surface area contributed by atoms with Crippen molar-refractivity contribution in [2.75, 3.05) is 13.7 Å². The van der Waals surface area contributed by atoms with E-state index in [4.69, 9.17) is 37.4 Å². The highest BCUT2D eigenvalue weighted by atomic mass is 35.5. The predicted octanol–water partition coefficient (Wildman–Crippen LogP) is 6.10. The summed E-state index contributed by atoms with van der Waals surface area (Å²) < 4.78 is 17.0. The fraction of sp³-hybridized carbons (Fsp3) is 0.208. The zero-order valence-corrected chi connectivity index (χ0v) is 18.9. The van der Waals surface area contributed by atoms with Crippen molar-refractivity contribution in [3.8, 4) is 17.2 Å². The molecule has 0 saturated carbocycles. The van der Waals surface area contributed by atoms with Crippen LogP contribution in [0.3, 0.4) is 0 Å². The molecule has 3 aromatic rings. The summed E-state index contributed by atoms with van der Waals surface area (Å²) in [6, 6.07) is 18.9. The van der Waals surface area contributed by atoms with Crippen LogP contribution in [0, 0.1) is 0 Å². The lowest BCUT2D eigenvalue weighted by Gasteiger charge is -2.14. The van der Waals surface area contributed by atoms with E-state index in [1.807, 2.05) is 61.5 Å². The van der Waals surface area contributed by atoms with Crippen LogP contribution in [0.5, 0.6) is 17.2 Å². The standard InChI is InChI=1S/C24H24Cl2N2O3/c1-3-30-23-13-18(14-27-28-15-19-6-4-5-7-22(19)29-2)12-21(26)24(23)31-16-17-8-10-20(25)11-9-17/h4-14,28H,3,15-16H2,1-2H3/b27-14+. The molecule has 0 fully saturated rings. The average molecular weight is 459 g/mol. The zero-order chi connectivity index (χ0) is 22.1. The third-order valence-electron chi connectivity index (χ3n) is 4.40. The molecule has 3 rings (SSSR count). The van der Waals surface area contributed by atoms with Crippen molar-refractivity contribution in [1.29, 1.82) is 0 Å². The van der Waals surface area contributed by atoms with Crippen LogP contribution >= 0.6 is 23.2 Å². The maximum atomic E-state index is 6.49. The van der Waals surface area contributed by atoms with Crippen LogP contribution in [-0.2, 0) is 13.2 Å². The number of hydrogen-bond donors (Lipinski definition) is 1. The summed E-state index contributed by atoms with van der Waals surface area (Å²) in [5.74, 6) is 1.88. The van der Waals surface area contributed by atoms with Gasteiger partial charge in [0.25, 0.3) is 0 Å². The molecule has 5 nitrogen and oxygen atoms in total. The van der Waals surface area contributed by atoms with Crippen molar-refractivity contribution >= 4 is 29.4 Å². The van der Waals surface area contributed by atoms with E-state index in [1.54, 1.807) is 19.4 Å². The van der Waals surface area contributed by atoms with E-state index in [0.29, 0.717) is 41.3 Å². The van der Waals surface area contributed by atoms with Crippen LogP contribution in [-0.4, -0.2) is 19.9 Å². The molecule has 0 aliphatic carbocycles. The van der Waals surface area contributed by atoms with Crippen molar-refractivity contribution in [1.82, 2.24) is 5.43 Å². The molecular formula is C24H24Cl2N2O3. The van der Waals surface area contributed by atoms with Gasteiger partial charge >= 0.3 is 0 Å². The van der Waals surface area contributed by atoms with E-state index >= 15 is 0 Å². The maximum absolute atomic E-state index is 6.49. The van der Waals surface area contributed by atoms with E-state index in [2.05, 4.69) is 10.5 Å². The Morgan fingerprint density at radius 1 is 0.968 bits per heavy atom. The molecule has 162 valence electrons. The molecule has 0 aromatic heterocycles. The van der Waals surface area contributed by atoms with E-state index in [-0.39, 0.29) is 0 Å². The number of hydrazone groups is 1. The Bertz CT molecular complexity index is 1020. The van der Waals surface area contributed by atoms with Crippen molar-refractivity contribution in [3.05, 3.63) is 87.4 Å². The Morgan fingerprint density at radius 3 is 2.48 bits per heavy atom. The fourth-order valence-electron chi connectivity index (χ4n) is 2.90. The largest absolute Gasteiger partial charge is 0.496 e. The predicted molar refractivity (Wildman–Crippen MR) is 126 cm³/mol. The molecule has 0 heterocycles. The lowest BCUT2D eigenvalue weighted by molar-refractivity contribution is 0.269. The minimum atomic E-state index is 0.352. The topological polar surface area (TPSA) is 52.1 Å². The molecule has 0 atom stereocenters. The van der Waals surface area contributed by atoms with Gasteiger partial charge in [-0.15, -0.1) is 0 Å². The molecule has 0 radical (unpaired) electrons. The number of benzene rings is 3. The van der Waals surface area contributed by atoms with E-state index in [0.717, 1.165) is 22.4 Å². The van der Waals surface area contributed by atoms with Crippen LogP contribution in [0.25, 0.3) is 0 Å². The summed E-state index contributed by atoms with van der Waals surface area (Å²) in [7, 11) is 1.65. The molecule has 7 heteroatoms. The number of ether oxygens (including phenoxy) is 3. The summed E-state index contributed by atoms with van der Waals surface area (Å²) in [6.45, 7) is 3.28. The number of nitrogens with one attached hydrogen (secondary N) is 1. The van der Waals surface area contributed by atoms with Gasteiger partial charge in [-0.25, -0.2) is 0 Å². The van der Waals surface area contributed by atoms with Crippen LogP contribution in [0.15, 0.2) is 65.8 Å². The Hall–Kier alpha value is -2.89. The highest BCUT2D eigenvalue weighted by molar-refractivity contribution is 6.32. The van der Waals surface area contributed by atoms with Gasteiger partial charge in [-0.1, -0.05) is 53.5 Å². The van der Waals surface area contributed by atoms with Crippen molar-refractivity contribution in [3.63, 3.8) is 0 Å². The van der Waals surface area contributed by atoms with Crippen LogP contribution in [0.4, 0.5) is 0 Å². The number of nitrogens with zero attached hydrogens (tertiary/aromatic N) is 1. The summed E-state index contributed by atoms with van der Waals surface area (Å²) in [5, 5.41) is 5.42. The van der Waals surface area contributed by atoms with Gasteiger partial charge in [0.15, 0.2) is 11.5 Å². The van der Waals surface area contributed by atoms with Gasteiger partial charge in [0, 0.05) is 10.6 Å². The number of halogens is 2. The first kappa shape index (κ1) is 22.8. The first-order valence-electron chi connectivity index (χ1n) is 9.82. The fourth-order valence-corrected chi connectivity index (χ4v) is 3.30. The first-order chi connectivity index (χ1) is 15.1. The highest BCUT2D eigenvalue weighted by Crippen LogP contribution is 2.37. The van der Waals surface area contributed by atoms with Crippen LogP contribution < -0.4 is 19.6 Å². The lowest BCUT2D eigenvalue weighted by atomic mass is 10.2. The molecule has 0 spiro atoms. The minimum absolute atomic E-state index is 0.352. The van der Waals surface area contributed by atoms with Gasteiger partial charge in [-0.05, 0) is 48.4 Å². The maximum Gasteiger partial charge on any atom is 0.180 e. The van der Waals surface area contributed by atoms with Crippen molar-refractivity contribution in [2.24, 2.45) is 5.10 Å². The molecule has 0 unspecified atom stereocenters. The molecule has 0 aliphatic rings. The van der Waals surface area contributed by atoms with Gasteiger partial charge in [0.05, 0.1) is 31.5 Å². The quantitative estimate of drug-likeness (QED) is 0.294. The van der Waals surface area contributed by atoms with Crippen LogP contribution in [0.2, 0.25) is 10.0 Å². The second kappa shape index (κ2) is 11.5. The molecule has 31 heavy (non-hydrogen) atoms. The van der Waals surface area contributed by atoms with E-state index in [9.17, 15) is 0 Å². The molecule has 1 N–H and O–H groups in total. The third kappa shape index (κ3) is 6.54. The number of rotatable bonds is 10. The van der Waals surface area contributed by atoms with Crippen molar-refractivity contribution in [2.45, 2.75) is 20.1 Å². The van der Waals surface area contributed by atoms with Gasteiger partial charge in [-0.3, -0.25) is 0 Å². The second-order valence-corrected chi connectivity index (χ2v) is 7.43. The average Bonchev–Trinajstić information content (AvgIpc) is 2.78.